The van der Waals surface area contributed by atoms with Crippen LogP contribution in [0.4, 0.5) is 0 Å². The van der Waals surface area contributed by atoms with E-state index in [-0.39, 0.29) is 6.04 Å². The van der Waals surface area contributed by atoms with Crippen LogP contribution in [-0.4, -0.2) is 13.2 Å². The molecule has 0 spiro atoms. The van der Waals surface area contributed by atoms with E-state index < -0.39 is 0 Å². The van der Waals surface area contributed by atoms with E-state index in [0.29, 0.717) is 0 Å². The maximum absolute atomic E-state index is 5.50. The average molecular weight is 214 g/mol. The van der Waals surface area contributed by atoms with Crippen LogP contribution < -0.4 is 11.3 Å². The van der Waals surface area contributed by atoms with Crippen LogP contribution in [0.5, 0.6) is 0 Å². The van der Waals surface area contributed by atoms with Crippen LogP contribution in [0.25, 0.3) is 0 Å². The molecule has 4 heteroatoms. The molecule has 0 saturated heterocycles. The van der Waals surface area contributed by atoms with Gasteiger partial charge in [0.15, 0.2) is 0 Å². The first-order chi connectivity index (χ1) is 6.77. The third-order valence-electron chi connectivity index (χ3n) is 2.06. The van der Waals surface area contributed by atoms with Gasteiger partial charge < -0.3 is 4.74 Å². The Bertz CT molecular complexity index is 262. The largest absolute Gasteiger partial charge is 0.382 e. The molecule has 0 aliphatic rings. The number of ether oxygens (including phenoxy) is 1. The number of rotatable bonds is 6. The second-order valence-corrected chi connectivity index (χ2v) is 4.47. The number of nitrogens with two attached hydrogens (primary N) is 1. The number of hydrogen-bond donors (Lipinski definition) is 2. The molecule has 0 bridgehead atoms. The van der Waals surface area contributed by atoms with Crippen molar-refractivity contribution in [3.63, 3.8) is 0 Å². The summed E-state index contributed by atoms with van der Waals surface area (Å²) in [5, 5.41) is 0. The molecule has 0 aliphatic carbocycles. The van der Waals surface area contributed by atoms with Crippen LogP contribution in [0.1, 0.15) is 29.1 Å². The lowest BCUT2D eigenvalue weighted by molar-refractivity contribution is 0.136. The van der Waals surface area contributed by atoms with Crippen LogP contribution in [0.15, 0.2) is 12.1 Å². The van der Waals surface area contributed by atoms with Gasteiger partial charge in [-0.15, -0.1) is 11.3 Å². The molecule has 3 nitrogen and oxygen atoms in total. The summed E-state index contributed by atoms with van der Waals surface area (Å²) < 4.78 is 5.30. The molecule has 0 radical (unpaired) electrons. The van der Waals surface area contributed by atoms with Gasteiger partial charge in [-0.05, 0) is 32.4 Å². The number of thiophene rings is 1. The van der Waals surface area contributed by atoms with Gasteiger partial charge in [0.25, 0.3) is 0 Å². The summed E-state index contributed by atoms with van der Waals surface area (Å²) in [6.45, 7) is 5.62. The first-order valence-electron chi connectivity index (χ1n) is 4.88. The molecule has 0 saturated carbocycles. The molecule has 14 heavy (non-hydrogen) atoms. The summed E-state index contributed by atoms with van der Waals surface area (Å²) in [5.74, 6) is 5.50. The van der Waals surface area contributed by atoms with Gasteiger partial charge in [0.1, 0.15) is 0 Å². The van der Waals surface area contributed by atoms with Crippen LogP contribution in [0.3, 0.4) is 0 Å². The first kappa shape index (κ1) is 11.7. The Morgan fingerprint density at radius 1 is 1.57 bits per heavy atom. The Kier molecular flexibility index (Phi) is 5.11. The highest BCUT2D eigenvalue weighted by molar-refractivity contribution is 7.12. The minimum atomic E-state index is 0.222. The molecule has 3 N–H and O–H groups in total. The normalized spacial score (nSPS) is 13.1. The topological polar surface area (TPSA) is 47.3 Å². The SMILES string of the molecule is CCOCCC(NN)c1ccc(C)s1. The maximum Gasteiger partial charge on any atom is 0.0575 e. The van der Waals surface area contributed by atoms with Crippen LogP contribution >= 0.6 is 11.3 Å². The monoisotopic (exact) mass is 214 g/mol. The van der Waals surface area contributed by atoms with Crippen molar-refractivity contribution in [1.82, 2.24) is 5.43 Å². The van der Waals surface area contributed by atoms with E-state index in [9.17, 15) is 0 Å². The van der Waals surface area contributed by atoms with E-state index in [1.54, 1.807) is 11.3 Å². The zero-order chi connectivity index (χ0) is 10.4. The van der Waals surface area contributed by atoms with Crippen LogP contribution in [0, 0.1) is 6.92 Å². The summed E-state index contributed by atoms with van der Waals surface area (Å²) in [6.07, 6.45) is 0.921. The molecular weight excluding hydrogens is 196 g/mol. The van der Waals surface area contributed by atoms with Gasteiger partial charge in [-0.3, -0.25) is 11.3 Å². The van der Waals surface area contributed by atoms with Gasteiger partial charge in [0.05, 0.1) is 6.04 Å². The molecule has 1 aromatic rings. The average Bonchev–Trinajstić information content (AvgIpc) is 2.60. The fraction of sp³-hybridized carbons (Fsp3) is 0.600. The van der Waals surface area contributed by atoms with Crippen molar-refractivity contribution < 1.29 is 4.74 Å². The zero-order valence-electron chi connectivity index (χ0n) is 8.75. The summed E-state index contributed by atoms with van der Waals surface area (Å²) in [4.78, 5) is 2.60. The molecule has 1 rings (SSSR count). The predicted molar refractivity (Wildman–Crippen MR) is 60.2 cm³/mol. The Labute approximate surface area is 89.2 Å². The lowest BCUT2D eigenvalue weighted by atomic mass is 10.2. The smallest absolute Gasteiger partial charge is 0.0575 e. The van der Waals surface area contributed by atoms with Crippen LogP contribution in [-0.2, 0) is 4.74 Å². The van der Waals surface area contributed by atoms with Gasteiger partial charge in [-0.25, -0.2) is 0 Å². The minimum Gasteiger partial charge on any atom is -0.382 e. The Morgan fingerprint density at radius 3 is 2.86 bits per heavy atom. The van der Waals surface area contributed by atoms with E-state index in [4.69, 9.17) is 10.6 Å². The number of hydrogen-bond acceptors (Lipinski definition) is 4. The molecule has 1 heterocycles. The van der Waals surface area contributed by atoms with Crippen molar-refractivity contribution in [2.75, 3.05) is 13.2 Å². The van der Waals surface area contributed by atoms with E-state index in [1.165, 1.54) is 9.75 Å². The number of nitrogens with one attached hydrogen (secondary N) is 1. The summed E-state index contributed by atoms with van der Waals surface area (Å²) in [7, 11) is 0. The van der Waals surface area contributed by atoms with Crippen molar-refractivity contribution in [3.8, 4) is 0 Å². The standard InChI is InChI=1S/C10H18N2OS/c1-3-13-7-6-9(12-11)10-5-4-8(2)14-10/h4-5,9,12H,3,6-7,11H2,1-2H3. The lowest BCUT2D eigenvalue weighted by Crippen LogP contribution is -2.28. The second-order valence-electron chi connectivity index (χ2n) is 3.15. The third kappa shape index (κ3) is 3.38. The Morgan fingerprint density at radius 2 is 2.36 bits per heavy atom. The van der Waals surface area contributed by atoms with Gasteiger partial charge in [-0.1, -0.05) is 0 Å². The highest BCUT2D eigenvalue weighted by Gasteiger charge is 2.10. The van der Waals surface area contributed by atoms with Crippen molar-refractivity contribution in [3.05, 3.63) is 21.9 Å². The van der Waals surface area contributed by atoms with E-state index in [1.807, 2.05) is 6.92 Å². The van der Waals surface area contributed by atoms with Gasteiger partial charge >= 0.3 is 0 Å². The van der Waals surface area contributed by atoms with Crippen molar-refractivity contribution in [2.45, 2.75) is 26.3 Å². The quantitative estimate of drug-likeness (QED) is 0.432. The molecule has 80 valence electrons. The summed E-state index contributed by atoms with van der Waals surface area (Å²) in [6, 6.07) is 4.46. The first-order valence-corrected chi connectivity index (χ1v) is 5.69. The highest BCUT2D eigenvalue weighted by Crippen LogP contribution is 2.24. The van der Waals surface area contributed by atoms with Crippen molar-refractivity contribution in [2.24, 2.45) is 5.84 Å². The molecule has 1 unspecified atom stereocenters. The van der Waals surface area contributed by atoms with Crippen molar-refractivity contribution >= 4 is 11.3 Å². The van der Waals surface area contributed by atoms with E-state index >= 15 is 0 Å². The molecule has 1 atom stereocenters. The molecular formula is C10H18N2OS. The van der Waals surface area contributed by atoms with Gasteiger partial charge in [0, 0.05) is 23.0 Å². The molecule has 0 aliphatic heterocycles. The van der Waals surface area contributed by atoms with E-state index in [2.05, 4.69) is 24.5 Å². The lowest BCUT2D eigenvalue weighted by Gasteiger charge is -2.13. The summed E-state index contributed by atoms with van der Waals surface area (Å²) >= 11 is 1.78. The molecule has 0 aromatic carbocycles. The van der Waals surface area contributed by atoms with Crippen molar-refractivity contribution in [1.29, 1.82) is 0 Å². The molecule has 1 aromatic heterocycles. The fourth-order valence-corrected chi connectivity index (χ4v) is 2.27. The van der Waals surface area contributed by atoms with Gasteiger partial charge in [0.2, 0.25) is 0 Å². The molecule has 0 fully saturated rings. The zero-order valence-corrected chi connectivity index (χ0v) is 9.56. The van der Waals surface area contributed by atoms with Gasteiger partial charge in [-0.2, -0.15) is 0 Å². The van der Waals surface area contributed by atoms with E-state index in [0.717, 1.165) is 19.6 Å². The minimum absolute atomic E-state index is 0.222. The summed E-state index contributed by atoms with van der Waals surface area (Å²) in [5.41, 5.74) is 2.82. The highest BCUT2D eigenvalue weighted by atomic mass is 32.1. The molecule has 0 amide bonds. The Hall–Kier alpha value is -0.420. The Balaban J connectivity index is 2.45. The predicted octanol–water partition coefficient (Wildman–Crippen LogP) is 1.99. The number of hydrazine groups is 1. The fourth-order valence-electron chi connectivity index (χ4n) is 1.29. The maximum atomic E-state index is 5.50. The number of aryl methyl sites for hydroxylation is 1. The third-order valence-corrected chi connectivity index (χ3v) is 3.18. The second kappa shape index (κ2) is 6.14. The van der Waals surface area contributed by atoms with Crippen LogP contribution in [0.2, 0.25) is 0 Å².